The summed E-state index contributed by atoms with van der Waals surface area (Å²) in [6, 6.07) is 6.85. The first-order valence-electron chi connectivity index (χ1n) is 5.65. The highest BCUT2D eigenvalue weighted by atomic mass is 14.9. The summed E-state index contributed by atoms with van der Waals surface area (Å²) in [7, 11) is 0. The second-order valence-electron chi connectivity index (χ2n) is 4.89. The van der Waals surface area contributed by atoms with Crippen molar-refractivity contribution in [3.8, 4) is 0 Å². The highest BCUT2D eigenvalue weighted by molar-refractivity contribution is 5.61. The lowest BCUT2D eigenvalue weighted by molar-refractivity contribution is 0.489. The van der Waals surface area contributed by atoms with Crippen molar-refractivity contribution >= 4 is 5.69 Å². The van der Waals surface area contributed by atoms with Gasteiger partial charge in [0, 0.05) is 17.6 Å². The molecule has 0 atom stereocenters. The van der Waals surface area contributed by atoms with E-state index in [1.165, 1.54) is 43.5 Å². The Morgan fingerprint density at radius 2 is 2.00 bits per heavy atom. The van der Waals surface area contributed by atoms with Crippen molar-refractivity contribution in [2.24, 2.45) is 0 Å². The van der Waals surface area contributed by atoms with Gasteiger partial charge >= 0.3 is 0 Å². The monoisotopic (exact) mass is 187 g/mol. The molecule has 1 heterocycles. The third-order valence-electron chi connectivity index (χ3n) is 3.92. The molecule has 1 aromatic carbocycles. The van der Waals surface area contributed by atoms with Crippen molar-refractivity contribution in [3.05, 3.63) is 29.3 Å². The number of nitrogens with one attached hydrogen (secondary N) is 1. The minimum atomic E-state index is 0.501. The van der Waals surface area contributed by atoms with Crippen molar-refractivity contribution in [2.45, 2.75) is 38.0 Å². The molecule has 1 fully saturated rings. The zero-order chi connectivity index (χ0) is 9.60. The van der Waals surface area contributed by atoms with E-state index in [4.69, 9.17) is 0 Å². The van der Waals surface area contributed by atoms with E-state index in [2.05, 4.69) is 30.4 Å². The highest BCUT2D eigenvalue weighted by Crippen LogP contribution is 2.47. The summed E-state index contributed by atoms with van der Waals surface area (Å²) in [6.45, 7) is 3.37. The lowest BCUT2D eigenvalue weighted by atomic mass is 9.80. The Morgan fingerprint density at radius 1 is 1.21 bits per heavy atom. The Morgan fingerprint density at radius 3 is 2.79 bits per heavy atom. The number of anilines is 1. The van der Waals surface area contributed by atoms with E-state index in [1.54, 1.807) is 5.56 Å². The molecule has 0 saturated heterocycles. The number of benzene rings is 1. The molecule has 1 spiro atoms. The molecule has 0 unspecified atom stereocenters. The number of rotatable bonds is 0. The molecule has 1 saturated carbocycles. The maximum absolute atomic E-state index is 3.56. The van der Waals surface area contributed by atoms with Crippen LogP contribution in [0.4, 0.5) is 5.69 Å². The molecule has 0 aromatic heterocycles. The van der Waals surface area contributed by atoms with E-state index in [1.807, 2.05) is 0 Å². The van der Waals surface area contributed by atoms with E-state index in [9.17, 15) is 0 Å². The molecule has 1 aliphatic heterocycles. The Bertz CT molecular complexity index is 361. The van der Waals surface area contributed by atoms with Crippen LogP contribution in [0.25, 0.3) is 0 Å². The van der Waals surface area contributed by atoms with Crippen molar-refractivity contribution < 1.29 is 0 Å². The summed E-state index contributed by atoms with van der Waals surface area (Å²) in [6.07, 6.45) is 5.59. The summed E-state index contributed by atoms with van der Waals surface area (Å²) >= 11 is 0. The Labute approximate surface area is 85.5 Å². The first kappa shape index (κ1) is 8.34. The Balaban J connectivity index is 2.12. The van der Waals surface area contributed by atoms with Gasteiger partial charge < -0.3 is 5.32 Å². The fourth-order valence-electron chi connectivity index (χ4n) is 3.11. The predicted octanol–water partition coefficient (Wildman–Crippen LogP) is 3.23. The lowest BCUT2D eigenvalue weighted by Crippen LogP contribution is -2.24. The first-order chi connectivity index (χ1) is 6.80. The molecular weight excluding hydrogens is 170 g/mol. The lowest BCUT2D eigenvalue weighted by Gasteiger charge is -2.22. The van der Waals surface area contributed by atoms with E-state index in [0.717, 1.165) is 0 Å². The van der Waals surface area contributed by atoms with Gasteiger partial charge in [0.25, 0.3) is 0 Å². The van der Waals surface area contributed by atoms with Crippen molar-refractivity contribution in [1.29, 1.82) is 0 Å². The SMILES string of the molecule is Cc1ccc2c(c1)C1(CCCC1)CN2. The van der Waals surface area contributed by atoms with Gasteiger partial charge in [0.05, 0.1) is 0 Å². The van der Waals surface area contributed by atoms with Gasteiger partial charge in [0.15, 0.2) is 0 Å². The molecule has 1 N–H and O–H groups in total. The largest absolute Gasteiger partial charge is 0.384 e. The van der Waals surface area contributed by atoms with Gasteiger partial charge in [-0.05, 0) is 31.4 Å². The zero-order valence-electron chi connectivity index (χ0n) is 8.77. The molecule has 0 bridgehead atoms. The number of hydrogen-bond donors (Lipinski definition) is 1. The smallest absolute Gasteiger partial charge is 0.0379 e. The minimum absolute atomic E-state index is 0.501. The topological polar surface area (TPSA) is 12.0 Å². The second-order valence-corrected chi connectivity index (χ2v) is 4.89. The number of hydrogen-bond acceptors (Lipinski definition) is 1. The molecule has 3 rings (SSSR count). The fraction of sp³-hybridized carbons (Fsp3) is 0.538. The predicted molar refractivity (Wildman–Crippen MR) is 59.8 cm³/mol. The standard InChI is InChI=1S/C13H17N/c1-10-4-5-12-11(8-10)13(9-14-12)6-2-3-7-13/h4-5,8,14H,2-3,6-7,9H2,1H3. The summed E-state index contributed by atoms with van der Waals surface area (Å²) in [4.78, 5) is 0. The third-order valence-corrected chi connectivity index (χ3v) is 3.92. The van der Waals surface area contributed by atoms with Gasteiger partial charge in [0.2, 0.25) is 0 Å². The molecule has 14 heavy (non-hydrogen) atoms. The van der Waals surface area contributed by atoms with Crippen LogP contribution in [0.2, 0.25) is 0 Å². The molecule has 1 nitrogen and oxygen atoms in total. The third kappa shape index (κ3) is 1.01. The van der Waals surface area contributed by atoms with Crippen LogP contribution in [0.5, 0.6) is 0 Å². The zero-order valence-corrected chi connectivity index (χ0v) is 8.77. The molecule has 74 valence electrons. The Kier molecular flexibility index (Phi) is 1.64. The number of aryl methyl sites for hydroxylation is 1. The average Bonchev–Trinajstić information content (AvgIpc) is 2.77. The summed E-state index contributed by atoms with van der Waals surface area (Å²) in [5, 5.41) is 3.56. The van der Waals surface area contributed by atoms with Crippen molar-refractivity contribution in [2.75, 3.05) is 11.9 Å². The van der Waals surface area contributed by atoms with Crippen LogP contribution in [-0.2, 0) is 5.41 Å². The average molecular weight is 187 g/mol. The molecule has 0 radical (unpaired) electrons. The minimum Gasteiger partial charge on any atom is -0.384 e. The molecule has 0 amide bonds. The van der Waals surface area contributed by atoms with Gasteiger partial charge in [-0.25, -0.2) is 0 Å². The van der Waals surface area contributed by atoms with Gasteiger partial charge in [-0.15, -0.1) is 0 Å². The quantitative estimate of drug-likeness (QED) is 0.657. The van der Waals surface area contributed by atoms with Gasteiger partial charge in [-0.3, -0.25) is 0 Å². The maximum Gasteiger partial charge on any atom is 0.0379 e. The molecule has 1 aliphatic carbocycles. The van der Waals surface area contributed by atoms with E-state index in [0.29, 0.717) is 5.41 Å². The van der Waals surface area contributed by atoms with E-state index in [-0.39, 0.29) is 0 Å². The van der Waals surface area contributed by atoms with Crippen LogP contribution >= 0.6 is 0 Å². The van der Waals surface area contributed by atoms with Gasteiger partial charge in [-0.2, -0.15) is 0 Å². The van der Waals surface area contributed by atoms with Crippen LogP contribution in [0.1, 0.15) is 36.8 Å². The van der Waals surface area contributed by atoms with Crippen LogP contribution in [-0.4, -0.2) is 6.54 Å². The Hall–Kier alpha value is -0.980. The summed E-state index contributed by atoms with van der Waals surface area (Å²) in [5.41, 5.74) is 4.88. The van der Waals surface area contributed by atoms with Gasteiger partial charge in [0.1, 0.15) is 0 Å². The molecule has 1 aromatic rings. The molecule has 2 aliphatic rings. The van der Waals surface area contributed by atoms with Crippen LogP contribution in [0.15, 0.2) is 18.2 Å². The van der Waals surface area contributed by atoms with Crippen molar-refractivity contribution in [3.63, 3.8) is 0 Å². The summed E-state index contributed by atoms with van der Waals surface area (Å²) < 4.78 is 0. The fourth-order valence-corrected chi connectivity index (χ4v) is 3.11. The first-order valence-corrected chi connectivity index (χ1v) is 5.65. The normalized spacial score (nSPS) is 22.4. The second kappa shape index (κ2) is 2.75. The van der Waals surface area contributed by atoms with Crippen molar-refractivity contribution in [1.82, 2.24) is 0 Å². The maximum atomic E-state index is 3.56. The molecular formula is C13H17N. The van der Waals surface area contributed by atoms with E-state index >= 15 is 0 Å². The van der Waals surface area contributed by atoms with E-state index < -0.39 is 0 Å². The highest BCUT2D eigenvalue weighted by Gasteiger charge is 2.40. The molecule has 1 heteroatoms. The van der Waals surface area contributed by atoms with Crippen LogP contribution in [0, 0.1) is 6.92 Å². The van der Waals surface area contributed by atoms with Crippen LogP contribution < -0.4 is 5.32 Å². The summed E-state index contributed by atoms with van der Waals surface area (Å²) in [5.74, 6) is 0. The van der Waals surface area contributed by atoms with Gasteiger partial charge in [-0.1, -0.05) is 30.5 Å². The van der Waals surface area contributed by atoms with Crippen LogP contribution in [0.3, 0.4) is 0 Å². The number of fused-ring (bicyclic) bond motifs is 2.